The van der Waals surface area contributed by atoms with Gasteiger partial charge in [-0.3, -0.25) is 0 Å². The van der Waals surface area contributed by atoms with Gasteiger partial charge in [-0.05, 0) is 11.8 Å². The Morgan fingerprint density at radius 1 is 0.650 bits per heavy atom. The fourth-order valence-electron chi connectivity index (χ4n) is 3.35. The molecule has 0 aromatic heterocycles. The van der Waals surface area contributed by atoms with Crippen molar-refractivity contribution in [2.45, 2.75) is 64.2 Å². The van der Waals surface area contributed by atoms with Crippen LogP contribution in [0.1, 0.15) is 64.2 Å². The molecule has 2 aliphatic carbocycles. The van der Waals surface area contributed by atoms with Crippen molar-refractivity contribution < 1.29 is 19.8 Å². The Morgan fingerprint density at radius 3 is 1.20 bits per heavy atom. The Balaban J connectivity index is 0.000000221. The molecule has 0 amide bonds. The SMILES string of the molecule is C1CCC(C2CCCCC2)CC1.O=C(O)/C=C\C(=O)O. The first-order valence-electron chi connectivity index (χ1n) is 7.73. The van der Waals surface area contributed by atoms with Crippen LogP contribution in [0.4, 0.5) is 0 Å². The van der Waals surface area contributed by atoms with Crippen LogP contribution in [0, 0.1) is 11.8 Å². The summed E-state index contributed by atoms with van der Waals surface area (Å²) < 4.78 is 0. The highest BCUT2D eigenvalue weighted by atomic mass is 16.4. The summed E-state index contributed by atoms with van der Waals surface area (Å²) in [6.07, 6.45) is 16.5. The second-order valence-corrected chi connectivity index (χ2v) is 5.81. The van der Waals surface area contributed by atoms with Crippen molar-refractivity contribution in [3.05, 3.63) is 12.2 Å². The van der Waals surface area contributed by atoms with Crippen LogP contribution < -0.4 is 0 Å². The molecule has 0 radical (unpaired) electrons. The molecule has 2 N–H and O–H groups in total. The number of hydrogen-bond acceptors (Lipinski definition) is 2. The van der Waals surface area contributed by atoms with E-state index in [0.29, 0.717) is 12.2 Å². The second-order valence-electron chi connectivity index (χ2n) is 5.81. The zero-order chi connectivity index (χ0) is 14.8. The van der Waals surface area contributed by atoms with Gasteiger partial charge in [0.1, 0.15) is 0 Å². The van der Waals surface area contributed by atoms with Crippen molar-refractivity contribution in [1.29, 1.82) is 0 Å². The van der Waals surface area contributed by atoms with Gasteiger partial charge in [0, 0.05) is 12.2 Å². The van der Waals surface area contributed by atoms with Crippen molar-refractivity contribution in [2.24, 2.45) is 11.8 Å². The summed E-state index contributed by atoms with van der Waals surface area (Å²) in [4.78, 5) is 19.1. The van der Waals surface area contributed by atoms with Gasteiger partial charge in [0.05, 0.1) is 0 Å². The molecule has 0 bridgehead atoms. The van der Waals surface area contributed by atoms with Crippen molar-refractivity contribution >= 4 is 11.9 Å². The molecular weight excluding hydrogens is 256 g/mol. The number of hydrogen-bond donors (Lipinski definition) is 2. The van der Waals surface area contributed by atoms with Crippen molar-refractivity contribution in [2.75, 3.05) is 0 Å². The highest BCUT2D eigenvalue weighted by Gasteiger charge is 2.24. The van der Waals surface area contributed by atoms with E-state index in [1.807, 2.05) is 0 Å². The molecule has 0 heterocycles. The molecule has 4 nitrogen and oxygen atoms in total. The molecule has 0 aliphatic heterocycles. The summed E-state index contributed by atoms with van der Waals surface area (Å²) in [7, 11) is 0. The lowest BCUT2D eigenvalue weighted by Gasteiger charge is -2.32. The maximum absolute atomic E-state index is 9.55. The van der Waals surface area contributed by atoms with E-state index in [1.54, 1.807) is 25.7 Å². The van der Waals surface area contributed by atoms with Crippen LogP contribution in [0.3, 0.4) is 0 Å². The molecule has 0 atom stereocenters. The largest absolute Gasteiger partial charge is 0.478 e. The summed E-state index contributed by atoms with van der Waals surface area (Å²) in [6.45, 7) is 0. The second kappa shape index (κ2) is 9.56. The predicted molar refractivity (Wildman–Crippen MR) is 77.6 cm³/mol. The number of carboxylic acid groups (broad SMARTS) is 2. The highest BCUT2D eigenvalue weighted by molar-refractivity contribution is 5.89. The molecule has 0 unspecified atom stereocenters. The number of aliphatic carboxylic acids is 2. The van der Waals surface area contributed by atoms with Crippen LogP contribution in [0.25, 0.3) is 0 Å². The lowest BCUT2D eigenvalue weighted by atomic mass is 9.73. The zero-order valence-electron chi connectivity index (χ0n) is 12.1. The predicted octanol–water partition coefficient (Wildman–Crippen LogP) is 3.86. The van der Waals surface area contributed by atoms with Gasteiger partial charge < -0.3 is 10.2 Å². The lowest BCUT2D eigenvalue weighted by molar-refractivity contribution is -0.134. The molecule has 0 aromatic rings. The average molecular weight is 282 g/mol. The first-order valence-corrected chi connectivity index (χ1v) is 7.73. The zero-order valence-corrected chi connectivity index (χ0v) is 12.1. The minimum atomic E-state index is -1.26. The first-order chi connectivity index (χ1) is 9.59. The third kappa shape index (κ3) is 7.31. The molecule has 0 aromatic carbocycles. The normalized spacial score (nSPS) is 21.2. The summed E-state index contributed by atoms with van der Waals surface area (Å²) in [6, 6.07) is 0. The number of carboxylic acids is 2. The van der Waals surface area contributed by atoms with Crippen LogP contribution in [-0.2, 0) is 9.59 Å². The Labute approximate surface area is 120 Å². The van der Waals surface area contributed by atoms with E-state index in [0.717, 1.165) is 11.8 Å². The molecule has 2 fully saturated rings. The van der Waals surface area contributed by atoms with Crippen molar-refractivity contribution in [1.82, 2.24) is 0 Å². The molecule has 2 aliphatic rings. The lowest BCUT2D eigenvalue weighted by Crippen LogP contribution is -2.20. The standard InChI is InChI=1S/C12H22.C4H4O4/c1-3-7-11(8-4-1)12-9-5-2-6-10-12;5-3(6)1-2-4(7)8/h11-12H,1-10H2;1-2H,(H,5,6)(H,7,8)/b;2-1-. The Morgan fingerprint density at radius 2 is 0.950 bits per heavy atom. The molecule has 2 rings (SSSR count). The van der Waals surface area contributed by atoms with Gasteiger partial charge in [0.2, 0.25) is 0 Å². The van der Waals surface area contributed by atoms with E-state index in [4.69, 9.17) is 10.2 Å². The fourth-order valence-corrected chi connectivity index (χ4v) is 3.35. The molecule has 114 valence electrons. The van der Waals surface area contributed by atoms with E-state index in [1.165, 1.54) is 38.5 Å². The third-order valence-electron chi connectivity index (χ3n) is 4.33. The topological polar surface area (TPSA) is 74.6 Å². The number of carbonyl (C=O) groups is 2. The minimum absolute atomic E-state index is 0.558. The summed E-state index contributed by atoms with van der Waals surface area (Å²) in [5.41, 5.74) is 0. The summed E-state index contributed by atoms with van der Waals surface area (Å²) in [5, 5.41) is 15.6. The maximum atomic E-state index is 9.55. The minimum Gasteiger partial charge on any atom is -0.478 e. The van der Waals surface area contributed by atoms with Crippen LogP contribution in [0.15, 0.2) is 12.2 Å². The van der Waals surface area contributed by atoms with Crippen LogP contribution in [-0.4, -0.2) is 22.2 Å². The first kappa shape index (κ1) is 16.7. The Bertz CT molecular complexity index is 291. The van der Waals surface area contributed by atoms with E-state index in [-0.39, 0.29) is 0 Å². The van der Waals surface area contributed by atoms with Crippen molar-refractivity contribution in [3.8, 4) is 0 Å². The van der Waals surface area contributed by atoms with Gasteiger partial charge in [-0.15, -0.1) is 0 Å². The van der Waals surface area contributed by atoms with E-state index < -0.39 is 11.9 Å². The van der Waals surface area contributed by atoms with E-state index in [2.05, 4.69) is 0 Å². The Kier molecular flexibility index (Phi) is 8.00. The molecule has 20 heavy (non-hydrogen) atoms. The molecule has 0 spiro atoms. The van der Waals surface area contributed by atoms with Crippen LogP contribution in [0.2, 0.25) is 0 Å². The van der Waals surface area contributed by atoms with E-state index in [9.17, 15) is 9.59 Å². The number of rotatable bonds is 3. The van der Waals surface area contributed by atoms with Gasteiger partial charge in [0.25, 0.3) is 0 Å². The Hall–Kier alpha value is -1.32. The fraction of sp³-hybridized carbons (Fsp3) is 0.750. The monoisotopic (exact) mass is 282 g/mol. The summed E-state index contributed by atoms with van der Waals surface area (Å²) in [5.74, 6) is -0.238. The molecule has 0 saturated heterocycles. The van der Waals surface area contributed by atoms with Gasteiger partial charge >= 0.3 is 11.9 Å². The van der Waals surface area contributed by atoms with Gasteiger partial charge in [-0.25, -0.2) is 9.59 Å². The van der Waals surface area contributed by atoms with Gasteiger partial charge in [-0.2, -0.15) is 0 Å². The van der Waals surface area contributed by atoms with Gasteiger partial charge in [0.15, 0.2) is 0 Å². The highest BCUT2D eigenvalue weighted by Crippen LogP contribution is 2.37. The van der Waals surface area contributed by atoms with E-state index >= 15 is 0 Å². The average Bonchev–Trinajstić information content (AvgIpc) is 2.48. The maximum Gasteiger partial charge on any atom is 0.328 e. The molecular formula is C16H26O4. The molecule has 2 saturated carbocycles. The molecule has 4 heteroatoms. The van der Waals surface area contributed by atoms with Crippen LogP contribution in [0.5, 0.6) is 0 Å². The van der Waals surface area contributed by atoms with Gasteiger partial charge in [-0.1, -0.05) is 64.2 Å². The quantitative estimate of drug-likeness (QED) is 0.771. The van der Waals surface area contributed by atoms with Crippen molar-refractivity contribution in [3.63, 3.8) is 0 Å². The summed E-state index contributed by atoms with van der Waals surface area (Å²) >= 11 is 0. The smallest absolute Gasteiger partial charge is 0.328 e. The third-order valence-corrected chi connectivity index (χ3v) is 4.33. The van der Waals surface area contributed by atoms with Crippen LogP contribution >= 0.6 is 0 Å².